The maximum Gasteiger partial charge on any atom is 0.226 e. The summed E-state index contributed by atoms with van der Waals surface area (Å²) in [6.45, 7) is 4.26. The van der Waals surface area contributed by atoms with E-state index in [0.29, 0.717) is 6.42 Å². The van der Waals surface area contributed by atoms with Crippen LogP contribution < -0.4 is 5.32 Å². The van der Waals surface area contributed by atoms with Crippen molar-refractivity contribution in [2.24, 2.45) is 0 Å². The molecule has 0 radical (unpaired) electrons. The minimum Gasteiger partial charge on any atom is -0.310 e. The first-order valence-corrected chi connectivity index (χ1v) is 8.90. The summed E-state index contributed by atoms with van der Waals surface area (Å²) < 4.78 is 1.85. The Kier molecular flexibility index (Phi) is 3.69. The van der Waals surface area contributed by atoms with Crippen molar-refractivity contribution in [3.05, 3.63) is 58.2 Å². The first-order chi connectivity index (χ1) is 11.6. The van der Waals surface area contributed by atoms with Crippen LogP contribution in [0.2, 0.25) is 0 Å². The number of hydrogen-bond acceptors (Lipinski definition) is 4. The van der Waals surface area contributed by atoms with Gasteiger partial charge in [0.15, 0.2) is 0 Å². The highest BCUT2D eigenvalue weighted by Crippen LogP contribution is 2.42. The van der Waals surface area contributed by atoms with Gasteiger partial charge in [0.05, 0.1) is 17.3 Å². The molecule has 0 saturated heterocycles. The van der Waals surface area contributed by atoms with E-state index in [1.807, 2.05) is 40.4 Å². The van der Waals surface area contributed by atoms with Gasteiger partial charge in [-0.05, 0) is 18.1 Å². The molecule has 1 aliphatic rings. The molecule has 3 aromatic rings. The summed E-state index contributed by atoms with van der Waals surface area (Å²) in [7, 11) is 0. The molecule has 0 saturated carbocycles. The summed E-state index contributed by atoms with van der Waals surface area (Å²) in [4.78, 5) is 16.8. The van der Waals surface area contributed by atoms with Crippen molar-refractivity contribution in [1.29, 1.82) is 0 Å². The number of para-hydroxylation sites is 1. The lowest BCUT2D eigenvalue weighted by molar-refractivity contribution is -0.116. The standard InChI is InChI=1S/C18H18N4OS/c1-11(2)16-15-13(18-19-8-9-24-18)10-14(23)20-17(15)22(21-16)12-6-4-3-5-7-12/h3-9,11,13H,10H2,1-2H3,(H,20,23)/t13-/m0/s1. The van der Waals surface area contributed by atoms with E-state index in [1.165, 1.54) is 0 Å². The quantitative estimate of drug-likeness (QED) is 0.787. The van der Waals surface area contributed by atoms with Gasteiger partial charge in [-0.15, -0.1) is 11.3 Å². The zero-order valence-electron chi connectivity index (χ0n) is 13.6. The Bertz CT molecular complexity index is 868. The van der Waals surface area contributed by atoms with Gasteiger partial charge in [-0.1, -0.05) is 32.0 Å². The normalized spacial score (nSPS) is 17.0. The molecule has 0 fully saturated rings. The van der Waals surface area contributed by atoms with Crippen LogP contribution in [0.5, 0.6) is 0 Å². The molecule has 122 valence electrons. The third kappa shape index (κ3) is 2.43. The maximum absolute atomic E-state index is 12.3. The van der Waals surface area contributed by atoms with Crippen LogP contribution in [0.15, 0.2) is 41.9 Å². The van der Waals surface area contributed by atoms with Gasteiger partial charge in [0.25, 0.3) is 0 Å². The number of amides is 1. The molecule has 1 amide bonds. The second-order valence-electron chi connectivity index (χ2n) is 6.22. The van der Waals surface area contributed by atoms with E-state index in [1.54, 1.807) is 17.5 Å². The Balaban J connectivity index is 1.95. The fourth-order valence-electron chi connectivity index (χ4n) is 3.18. The van der Waals surface area contributed by atoms with E-state index < -0.39 is 0 Å². The highest BCUT2D eigenvalue weighted by Gasteiger charge is 2.35. The number of hydrogen-bond donors (Lipinski definition) is 1. The van der Waals surface area contributed by atoms with E-state index >= 15 is 0 Å². The minimum atomic E-state index is -0.0244. The molecule has 0 unspecified atom stereocenters. The molecule has 5 nitrogen and oxygen atoms in total. The van der Waals surface area contributed by atoms with E-state index in [4.69, 9.17) is 5.10 Å². The molecule has 2 aromatic heterocycles. The largest absolute Gasteiger partial charge is 0.310 e. The summed E-state index contributed by atoms with van der Waals surface area (Å²) >= 11 is 1.59. The van der Waals surface area contributed by atoms with Crippen LogP contribution in [-0.2, 0) is 4.79 Å². The Morgan fingerprint density at radius 3 is 2.75 bits per heavy atom. The molecule has 1 atom stereocenters. The van der Waals surface area contributed by atoms with Crippen LogP contribution in [0.25, 0.3) is 5.69 Å². The average Bonchev–Trinajstić information content (AvgIpc) is 3.22. The second kappa shape index (κ2) is 5.87. The number of benzene rings is 1. The molecular weight excluding hydrogens is 320 g/mol. The van der Waals surface area contributed by atoms with E-state index in [0.717, 1.165) is 27.8 Å². The molecule has 1 aromatic carbocycles. The molecule has 4 rings (SSSR count). The number of fused-ring (bicyclic) bond motifs is 1. The Hall–Kier alpha value is -2.47. The lowest BCUT2D eigenvalue weighted by Gasteiger charge is -2.23. The number of aromatic nitrogens is 3. The number of thiazole rings is 1. The number of carbonyl (C=O) groups excluding carboxylic acids is 1. The maximum atomic E-state index is 12.3. The number of carbonyl (C=O) groups is 1. The zero-order chi connectivity index (χ0) is 16.7. The second-order valence-corrected chi connectivity index (χ2v) is 7.15. The van der Waals surface area contributed by atoms with Crippen molar-refractivity contribution in [1.82, 2.24) is 14.8 Å². The Morgan fingerprint density at radius 1 is 1.29 bits per heavy atom. The first kappa shape index (κ1) is 15.1. The summed E-state index contributed by atoms with van der Waals surface area (Å²) in [5.41, 5.74) is 3.07. The first-order valence-electron chi connectivity index (χ1n) is 8.02. The number of nitrogens with one attached hydrogen (secondary N) is 1. The van der Waals surface area contributed by atoms with Crippen molar-refractivity contribution < 1.29 is 4.79 Å². The summed E-state index contributed by atoms with van der Waals surface area (Å²) in [6.07, 6.45) is 2.21. The summed E-state index contributed by atoms with van der Waals surface area (Å²) in [5.74, 6) is 1.03. The van der Waals surface area contributed by atoms with Crippen molar-refractivity contribution in [3.63, 3.8) is 0 Å². The van der Waals surface area contributed by atoms with Crippen LogP contribution in [0, 0.1) is 0 Å². The van der Waals surface area contributed by atoms with Gasteiger partial charge in [-0.25, -0.2) is 9.67 Å². The predicted octanol–water partition coefficient (Wildman–Crippen LogP) is 3.93. The van der Waals surface area contributed by atoms with Crippen molar-refractivity contribution in [3.8, 4) is 5.69 Å². The number of anilines is 1. The van der Waals surface area contributed by atoms with Crippen molar-refractivity contribution in [2.45, 2.75) is 32.1 Å². The number of rotatable bonds is 3. The zero-order valence-corrected chi connectivity index (χ0v) is 14.4. The van der Waals surface area contributed by atoms with Crippen molar-refractivity contribution in [2.75, 3.05) is 5.32 Å². The smallest absolute Gasteiger partial charge is 0.226 e. The van der Waals surface area contributed by atoms with Gasteiger partial charge in [0.1, 0.15) is 10.8 Å². The Morgan fingerprint density at radius 2 is 2.08 bits per heavy atom. The highest BCUT2D eigenvalue weighted by atomic mass is 32.1. The van der Waals surface area contributed by atoms with Gasteiger partial charge < -0.3 is 5.32 Å². The fourth-order valence-corrected chi connectivity index (χ4v) is 3.93. The van der Waals surface area contributed by atoms with E-state index in [9.17, 15) is 4.79 Å². The molecule has 24 heavy (non-hydrogen) atoms. The molecule has 0 spiro atoms. The Labute approximate surface area is 144 Å². The van der Waals surface area contributed by atoms with Crippen LogP contribution in [0.4, 0.5) is 5.82 Å². The molecule has 6 heteroatoms. The summed E-state index contributed by atoms with van der Waals surface area (Å²) in [5, 5.41) is 10.8. The van der Waals surface area contributed by atoms with Crippen LogP contribution in [-0.4, -0.2) is 20.7 Å². The lowest BCUT2D eigenvalue weighted by Crippen LogP contribution is -2.25. The molecular formula is C18H18N4OS. The highest BCUT2D eigenvalue weighted by molar-refractivity contribution is 7.09. The SMILES string of the molecule is CC(C)c1nn(-c2ccccc2)c2c1[C@@H](c1nccs1)CC(=O)N2. The van der Waals surface area contributed by atoms with Gasteiger partial charge in [-0.2, -0.15) is 5.10 Å². The molecule has 0 aliphatic carbocycles. The molecule has 1 aliphatic heterocycles. The third-order valence-corrected chi connectivity index (χ3v) is 5.13. The molecule has 1 N–H and O–H groups in total. The summed E-state index contributed by atoms with van der Waals surface area (Å²) in [6, 6.07) is 9.91. The lowest BCUT2D eigenvalue weighted by atomic mass is 9.89. The van der Waals surface area contributed by atoms with Crippen molar-refractivity contribution >= 4 is 23.1 Å². The van der Waals surface area contributed by atoms with Gasteiger partial charge in [0.2, 0.25) is 5.91 Å². The van der Waals surface area contributed by atoms with E-state index in [-0.39, 0.29) is 17.7 Å². The fraction of sp³-hybridized carbons (Fsp3) is 0.278. The van der Waals surface area contributed by atoms with Crippen LogP contribution in [0.1, 0.15) is 48.4 Å². The van der Waals surface area contributed by atoms with E-state index in [2.05, 4.69) is 24.1 Å². The molecule has 3 heterocycles. The third-order valence-electron chi connectivity index (χ3n) is 4.24. The van der Waals surface area contributed by atoms with Crippen LogP contribution in [0.3, 0.4) is 0 Å². The van der Waals surface area contributed by atoms with Crippen LogP contribution >= 0.6 is 11.3 Å². The monoisotopic (exact) mass is 338 g/mol. The predicted molar refractivity (Wildman–Crippen MR) is 94.9 cm³/mol. The topological polar surface area (TPSA) is 59.8 Å². The average molecular weight is 338 g/mol. The number of nitrogens with zero attached hydrogens (tertiary/aromatic N) is 3. The molecule has 0 bridgehead atoms. The van der Waals surface area contributed by atoms with Gasteiger partial charge in [-0.3, -0.25) is 4.79 Å². The van der Waals surface area contributed by atoms with Gasteiger partial charge in [0, 0.05) is 23.6 Å². The van der Waals surface area contributed by atoms with Gasteiger partial charge >= 0.3 is 0 Å². The minimum absolute atomic E-state index is 0.00934.